The van der Waals surface area contributed by atoms with Gasteiger partial charge in [-0.2, -0.15) is 0 Å². The number of hydrogen-bond donors (Lipinski definition) is 0. The van der Waals surface area contributed by atoms with Gasteiger partial charge in [-0.3, -0.25) is 9.59 Å². The Morgan fingerprint density at radius 2 is 1.96 bits per heavy atom. The predicted octanol–water partition coefficient (Wildman–Crippen LogP) is 3.58. The summed E-state index contributed by atoms with van der Waals surface area (Å²) in [6.45, 7) is 4.81. The topological polar surface area (TPSA) is 55.9 Å². The van der Waals surface area contributed by atoms with E-state index in [0.29, 0.717) is 42.3 Å². The van der Waals surface area contributed by atoms with E-state index in [4.69, 9.17) is 9.47 Å². The van der Waals surface area contributed by atoms with Crippen LogP contribution in [0.1, 0.15) is 65.2 Å². The molecule has 0 aromatic carbocycles. The van der Waals surface area contributed by atoms with Crippen molar-refractivity contribution in [3.8, 4) is 0 Å². The van der Waals surface area contributed by atoms with Crippen molar-refractivity contribution in [3.63, 3.8) is 0 Å². The van der Waals surface area contributed by atoms with Crippen LogP contribution in [0.3, 0.4) is 0 Å². The molecule has 4 heteroatoms. The Hall–Kier alpha value is -1.16. The van der Waals surface area contributed by atoms with E-state index in [-0.39, 0.29) is 34.1 Å². The number of epoxide rings is 1. The molecule has 2 spiro atoms. The molecule has 5 aliphatic carbocycles. The number of fused-ring (bicyclic) bond motifs is 7. The summed E-state index contributed by atoms with van der Waals surface area (Å²) in [6, 6.07) is 0. The van der Waals surface area contributed by atoms with Crippen molar-refractivity contribution in [2.24, 2.45) is 34.5 Å². The lowest BCUT2D eigenvalue weighted by Crippen LogP contribution is -2.60. The van der Waals surface area contributed by atoms with Gasteiger partial charge in [0.25, 0.3) is 0 Å². The van der Waals surface area contributed by atoms with Gasteiger partial charge in [-0.1, -0.05) is 19.4 Å². The molecule has 2 unspecified atom stereocenters. The number of carbonyl (C=O) groups excluding carboxylic acids is 2. The third kappa shape index (κ3) is 1.47. The van der Waals surface area contributed by atoms with Crippen LogP contribution in [-0.4, -0.2) is 29.1 Å². The fourth-order valence-electron chi connectivity index (χ4n) is 9.12. The Kier molecular flexibility index (Phi) is 2.46. The first-order valence-electron chi connectivity index (χ1n) is 11.0. The Bertz CT molecular complexity index is 845. The van der Waals surface area contributed by atoms with Gasteiger partial charge in [0.05, 0.1) is 6.10 Å². The maximum absolute atomic E-state index is 12.2. The molecule has 7 rings (SSSR count). The fraction of sp³-hybridized carbons (Fsp3) is 0.826. The molecular weight excluding hydrogens is 340 g/mol. The van der Waals surface area contributed by atoms with Crippen LogP contribution in [0.5, 0.6) is 0 Å². The van der Waals surface area contributed by atoms with Crippen LogP contribution in [0, 0.1) is 34.5 Å². The largest absolute Gasteiger partial charge is 0.458 e. The van der Waals surface area contributed by atoms with Crippen molar-refractivity contribution in [1.29, 1.82) is 0 Å². The quantitative estimate of drug-likeness (QED) is 0.484. The summed E-state index contributed by atoms with van der Waals surface area (Å²) >= 11 is 0. The number of carbonyl (C=O) groups is 2. The van der Waals surface area contributed by atoms with Crippen molar-refractivity contribution in [2.45, 2.75) is 82.5 Å². The second-order valence-electron chi connectivity index (χ2n) is 11.1. The van der Waals surface area contributed by atoms with Crippen LogP contribution < -0.4 is 0 Å². The molecule has 0 aromatic heterocycles. The van der Waals surface area contributed by atoms with Crippen molar-refractivity contribution >= 4 is 11.8 Å². The van der Waals surface area contributed by atoms with Crippen LogP contribution in [-0.2, 0) is 19.1 Å². The molecule has 0 amide bonds. The molecule has 27 heavy (non-hydrogen) atoms. The summed E-state index contributed by atoms with van der Waals surface area (Å²) in [4.78, 5) is 24.2. The first-order chi connectivity index (χ1) is 12.8. The van der Waals surface area contributed by atoms with E-state index in [9.17, 15) is 9.59 Å². The third-order valence-corrected chi connectivity index (χ3v) is 10.4. The molecule has 7 aliphatic rings. The van der Waals surface area contributed by atoms with E-state index in [1.54, 1.807) is 0 Å². The molecule has 2 saturated heterocycles. The van der Waals surface area contributed by atoms with E-state index in [0.717, 1.165) is 25.7 Å². The summed E-state index contributed by atoms with van der Waals surface area (Å²) in [5.41, 5.74) is 1.24. The summed E-state index contributed by atoms with van der Waals surface area (Å²) in [5, 5.41) is 0. The minimum atomic E-state index is -0.239. The number of ether oxygens (including phenoxy) is 2. The predicted molar refractivity (Wildman–Crippen MR) is 96.6 cm³/mol. The first kappa shape index (κ1) is 15.7. The van der Waals surface area contributed by atoms with Gasteiger partial charge in [0.2, 0.25) is 0 Å². The summed E-state index contributed by atoms with van der Waals surface area (Å²) in [7, 11) is 0. The standard InChI is InChI=1S/C23H28O4/c1-20-6-3-12(24)9-16(20)13-10-14(13)19-15-4-7-22(8-5-18(25)27-22)21(15,2)11-17-23(19,20)26-17/h9,13-15,17,19H,3-8,10-11H2,1-2H3/t13-,14+,15+,17-,19+,20+,21?,22-,23?/m1/s1. The highest BCUT2D eigenvalue weighted by Gasteiger charge is 2.85. The molecule has 4 saturated carbocycles. The molecule has 2 heterocycles. The lowest BCUT2D eigenvalue weighted by atomic mass is 9.46. The average Bonchev–Trinajstić information content (AvgIpc) is 3.49. The van der Waals surface area contributed by atoms with Crippen LogP contribution in [0.2, 0.25) is 0 Å². The van der Waals surface area contributed by atoms with Crippen molar-refractivity contribution in [2.75, 3.05) is 0 Å². The molecule has 0 bridgehead atoms. The Morgan fingerprint density at radius 3 is 2.74 bits per heavy atom. The fourth-order valence-corrected chi connectivity index (χ4v) is 9.12. The van der Waals surface area contributed by atoms with E-state index in [1.165, 1.54) is 18.4 Å². The second kappa shape index (κ2) is 4.22. The van der Waals surface area contributed by atoms with Gasteiger partial charge in [-0.25, -0.2) is 0 Å². The minimum Gasteiger partial charge on any atom is -0.458 e. The Morgan fingerprint density at radius 1 is 1.11 bits per heavy atom. The first-order valence-corrected chi connectivity index (χ1v) is 11.0. The summed E-state index contributed by atoms with van der Waals surface area (Å²) in [6.07, 6.45) is 9.85. The van der Waals surface area contributed by atoms with Gasteiger partial charge in [0.15, 0.2) is 5.78 Å². The number of hydrogen-bond acceptors (Lipinski definition) is 4. The SMILES string of the molecule is CC12C[C@H]3OC34[C@@H]([C@H]3C[C@H]3C3=CC(=O)CC[C@@]34C)[C@@H]1CC[C@@]21CCC(=O)O1. The van der Waals surface area contributed by atoms with Crippen molar-refractivity contribution in [1.82, 2.24) is 0 Å². The molecule has 9 atom stereocenters. The van der Waals surface area contributed by atoms with Crippen LogP contribution in [0.15, 0.2) is 11.6 Å². The maximum Gasteiger partial charge on any atom is 0.306 e. The second-order valence-corrected chi connectivity index (χ2v) is 11.1. The van der Waals surface area contributed by atoms with E-state index in [1.807, 2.05) is 6.08 Å². The van der Waals surface area contributed by atoms with Crippen LogP contribution in [0.25, 0.3) is 0 Å². The van der Waals surface area contributed by atoms with E-state index >= 15 is 0 Å². The number of rotatable bonds is 0. The maximum atomic E-state index is 12.2. The van der Waals surface area contributed by atoms with Gasteiger partial charge in [0.1, 0.15) is 11.2 Å². The minimum absolute atomic E-state index is 0.00124. The zero-order valence-corrected chi connectivity index (χ0v) is 16.3. The summed E-state index contributed by atoms with van der Waals surface area (Å²) in [5.74, 6) is 2.77. The summed E-state index contributed by atoms with van der Waals surface area (Å²) < 4.78 is 12.8. The Labute approximate surface area is 160 Å². The normalized spacial score (nSPS) is 62.0. The highest BCUT2D eigenvalue weighted by molar-refractivity contribution is 5.92. The Balaban J connectivity index is 1.36. The molecule has 0 radical (unpaired) electrons. The van der Waals surface area contributed by atoms with Gasteiger partial charge in [-0.15, -0.1) is 0 Å². The molecule has 0 aromatic rings. The zero-order valence-electron chi connectivity index (χ0n) is 16.3. The van der Waals surface area contributed by atoms with E-state index < -0.39 is 0 Å². The van der Waals surface area contributed by atoms with Crippen molar-refractivity contribution in [3.05, 3.63) is 11.6 Å². The molecule has 0 N–H and O–H groups in total. The van der Waals surface area contributed by atoms with Crippen LogP contribution >= 0.6 is 0 Å². The highest BCUT2D eigenvalue weighted by atomic mass is 16.6. The molecular formula is C23H28O4. The molecule has 6 fully saturated rings. The highest BCUT2D eigenvalue weighted by Crippen LogP contribution is 2.82. The number of esters is 1. The smallest absolute Gasteiger partial charge is 0.306 e. The van der Waals surface area contributed by atoms with E-state index in [2.05, 4.69) is 13.8 Å². The van der Waals surface area contributed by atoms with Crippen molar-refractivity contribution < 1.29 is 19.1 Å². The van der Waals surface area contributed by atoms with Gasteiger partial charge in [0, 0.05) is 23.7 Å². The average molecular weight is 368 g/mol. The third-order valence-electron chi connectivity index (χ3n) is 10.4. The zero-order chi connectivity index (χ0) is 18.4. The van der Waals surface area contributed by atoms with Gasteiger partial charge >= 0.3 is 5.97 Å². The monoisotopic (exact) mass is 368 g/mol. The number of ketones is 1. The van der Waals surface area contributed by atoms with Gasteiger partial charge in [-0.05, 0) is 68.3 Å². The lowest BCUT2D eigenvalue weighted by molar-refractivity contribution is -0.164. The molecule has 2 aliphatic heterocycles. The molecule has 144 valence electrons. The molecule has 4 nitrogen and oxygen atoms in total. The van der Waals surface area contributed by atoms with Gasteiger partial charge < -0.3 is 9.47 Å². The lowest BCUT2D eigenvalue weighted by Gasteiger charge is -2.56. The van der Waals surface area contributed by atoms with Crippen LogP contribution in [0.4, 0.5) is 0 Å².